The molecule has 2 rings (SSSR count). The predicted octanol–water partition coefficient (Wildman–Crippen LogP) is 4.01. The number of para-hydroxylation sites is 1. The standard InChI is InChI=1S/C14H15N2S3/c1-3-9-16(18,10-4-2)14(17)13-15-11-7-5-6-8-12(11)19-13/h3-8,18H,1-2,9-10H2/q+1. The molecule has 98 valence electrons. The van der Waals surface area contributed by atoms with E-state index < -0.39 is 0 Å². The van der Waals surface area contributed by atoms with E-state index in [1.807, 2.05) is 36.4 Å². The minimum absolute atomic E-state index is 0.294. The molecular weight excluding hydrogens is 292 g/mol. The van der Waals surface area contributed by atoms with Gasteiger partial charge in [0.15, 0.2) is 5.01 Å². The Kier molecular flexibility index (Phi) is 4.52. The number of thiocarbonyl (C=S) groups is 1. The van der Waals surface area contributed by atoms with E-state index in [9.17, 15) is 0 Å². The number of hydrogen-bond acceptors (Lipinski definition) is 4. The summed E-state index contributed by atoms with van der Waals surface area (Å²) in [7, 11) is 0. The first-order valence-electron chi connectivity index (χ1n) is 5.83. The van der Waals surface area contributed by atoms with Gasteiger partial charge in [-0.15, -0.1) is 11.3 Å². The van der Waals surface area contributed by atoms with Crippen LogP contribution in [0.2, 0.25) is 0 Å². The number of rotatable bonds is 5. The lowest BCUT2D eigenvalue weighted by molar-refractivity contribution is -0.675. The zero-order chi connectivity index (χ0) is 13.9. The lowest BCUT2D eigenvalue weighted by Gasteiger charge is -2.27. The van der Waals surface area contributed by atoms with Crippen molar-refractivity contribution in [3.63, 3.8) is 0 Å². The quantitative estimate of drug-likeness (QED) is 0.388. The number of hydrogen-bond donors (Lipinski definition) is 1. The lowest BCUT2D eigenvalue weighted by atomic mass is 10.3. The molecule has 0 aliphatic carbocycles. The fourth-order valence-corrected chi connectivity index (χ4v) is 3.50. The Morgan fingerprint density at radius 2 is 1.95 bits per heavy atom. The van der Waals surface area contributed by atoms with Gasteiger partial charge in [-0.05, 0) is 36.5 Å². The molecule has 1 heterocycles. The fourth-order valence-electron chi connectivity index (χ4n) is 1.81. The van der Waals surface area contributed by atoms with Gasteiger partial charge in [0, 0.05) is 0 Å². The van der Waals surface area contributed by atoms with Crippen molar-refractivity contribution in [1.29, 1.82) is 0 Å². The van der Waals surface area contributed by atoms with Crippen molar-refractivity contribution in [3.05, 3.63) is 54.6 Å². The van der Waals surface area contributed by atoms with Gasteiger partial charge in [-0.2, -0.15) is 0 Å². The molecule has 0 aliphatic rings. The van der Waals surface area contributed by atoms with Crippen LogP contribution >= 0.6 is 36.4 Å². The summed E-state index contributed by atoms with van der Waals surface area (Å²) in [5, 5.41) is 0.843. The molecule has 19 heavy (non-hydrogen) atoms. The van der Waals surface area contributed by atoms with Crippen LogP contribution in [0, 0.1) is 0 Å². The highest BCUT2D eigenvalue weighted by Crippen LogP contribution is 2.27. The number of thiol groups is 1. The molecule has 0 radical (unpaired) electrons. The molecule has 5 heteroatoms. The summed E-state index contributed by atoms with van der Waals surface area (Å²) < 4.78 is 1.43. The van der Waals surface area contributed by atoms with Crippen LogP contribution in [0.4, 0.5) is 0 Å². The fraction of sp³-hybridized carbons (Fsp3) is 0.143. The summed E-state index contributed by atoms with van der Waals surface area (Å²) in [6.45, 7) is 8.83. The molecule has 0 atom stereocenters. The van der Waals surface area contributed by atoms with Crippen molar-refractivity contribution in [2.24, 2.45) is 0 Å². The van der Waals surface area contributed by atoms with Crippen molar-refractivity contribution in [2.45, 2.75) is 0 Å². The summed E-state index contributed by atoms with van der Waals surface area (Å²) in [5.74, 6) is 0. The average molecular weight is 307 g/mol. The number of nitrogens with zero attached hydrogens (tertiary/aromatic N) is 2. The molecule has 0 amide bonds. The van der Waals surface area contributed by atoms with E-state index in [2.05, 4.69) is 31.0 Å². The molecular formula is C14H15N2S3+. The minimum Gasteiger partial charge on any atom is -0.230 e. The van der Waals surface area contributed by atoms with Gasteiger partial charge in [-0.25, -0.2) is 8.87 Å². The maximum Gasteiger partial charge on any atom is 0.246 e. The lowest BCUT2D eigenvalue weighted by Crippen LogP contribution is -2.43. The molecule has 0 unspecified atom stereocenters. The number of thiazole rings is 1. The molecule has 0 saturated carbocycles. The Morgan fingerprint density at radius 1 is 1.32 bits per heavy atom. The highest BCUT2D eigenvalue weighted by Gasteiger charge is 2.31. The molecule has 0 aliphatic heterocycles. The van der Waals surface area contributed by atoms with Gasteiger partial charge in [-0.1, -0.05) is 25.3 Å². The minimum atomic E-state index is 0.294. The summed E-state index contributed by atoms with van der Waals surface area (Å²) in [6, 6.07) is 8.02. The molecule has 0 N–H and O–H groups in total. The van der Waals surface area contributed by atoms with Crippen molar-refractivity contribution >= 4 is 51.6 Å². The van der Waals surface area contributed by atoms with E-state index >= 15 is 0 Å². The second-order valence-corrected chi connectivity index (χ2v) is 6.34. The van der Waals surface area contributed by atoms with Crippen LogP contribution in [0.5, 0.6) is 0 Å². The molecule has 0 spiro atoms. The van der Waals surface area contributed by atoms with E-state index in [4.69, 9.17) is 12.2 Å². The van der Waals surface area contributed by atoms with Gasteiger partial charge in [-0.3, -0.25) is 0 Å². The van der Waals surface area contributed by atoms with Gasteiger partial charge in [0.2, 0.25) is 4.99 Å². The smallest absolute Gasteiger partial charge is 0.230 e. The Bertz CT molecular complexity index is 587. The van der Waals surface area contributed by atoms with Crippen LogP contribution in [0.1, 0.15) is 5.01 Å². The molecule has 2 nitrogen and oxygen atoms in total. The Labute approximate surface area is 128 Å². The zero-order valence-electron chi connectivity index (χ0n) is 10.5. The first-order valence-corrected chi connectivity index (χ1v) is 7.45. The highest BCUT2D eigenvalue weighted by atomic mass is 32.1. The van der Waals surface area contributed by atoms with Gasteiger partial charge < -0.3 is 0 Å². The number of benzene rings is 1. The van der Waals surface area contributed by atoms with Crippen LogP contribution in [0.3, 0.4) is 0 Å². The number of quaternary nitrogens is 1. The second kappa shape index (κ2) is 5.96. The number of fused-ring (bicyclic) bond motifs is 1. The Balaban J connectivity index is 2.40. The monoisotopic (exact) mass is 307 g/mol. The van der Waals surface area contributed by atoms with Gasteiger partial charge in [0.05, 0.1) is 23.0 Å². The summed E-state index contributed by atoms with van der Waals surface area (Å²) in [4.78, 5) is 5.30. The van der Waals surface area contributed by atoms with E-state index in [-0.39, 0.29) is 0 Å². The largest absolute Gasteiger partial charge is 0.246 e. The van der Waals surface area contributed by atoms with Gasteiger partial charge in [0.25, 0.3) is 0 Å². The van der Waals surface area contributed by atoms with Crippen LogP contribution in [0.25, 0.3) is 10.2 Å². The predicted molar refractivity (Wildman–Crippen MR) is 90.7 cm³/mol. The first kappa shape index (κ1) is 14.4. The van der Waals surface area contributed by atoms with Crippen LogP contribution in [-0.4, -0.2) is 27.0 Å². The molecule has 0 bridgehead atoms. The maximum atomic E-state index is 5.58. The van der Waals surface area contributed by atoms with E-state index in [0.29, 0.717) is 22.0 Å². The summed E-state index contributed by atoms with van der Waals surface area (Å²) >= 11 is 11.9. The van der Waals surface area contributed by atoms with Crippen LogP contribution < -0.4 is 0 Å². The SMILES string of the molecule is C=CC[N+](S)(CC=C)C(=S)c1nc2ccccc2s1. The maximum absolute atomic E-state index is 5.58. The molecule has 1 aromatic heterocycles. The van der Waals surface area contributed by atoms with Gasteiger partial charge >= 0.3 is 0 Å². The first-order chi connectivity index (χ1) is 9.10. The van der Waals surface area contributed by atoms with Crippen molar-refractivity contribution in [1.82, 2.24) is 4.98 Å². The van der Waals surface area contributed by atoms with Crippen molar-refractivity contribution in [3.8, 4) is 0 Å². The highest BCUT2D eigenvalue weighted by molar-refractivity contribution is 7.82. The molecule has 1 aromatic carbocycles. The topological polar surface area (TPSA) is 12.9 Å². The van der Waals surface area contributed by atoms with Crippen molar-refractivity contribution < 1.29 is 3.89 Å². The number of aromatic nitrogens is 1. The van der Waals surface area contributed by atoms with Crippen LogP contribution in [-0.2, 0) is 0 Å². The van der Waals surface area contributed by atoms with Crippen LogP contribution in [0.15, 0.2) is 49.6 Å². The third kappa shape index (κ3) is 2.95. The third-order valence-electron chi connectivity index (χ3n) is 2.72. The molecule has 2 aromatic rings. The van der Waals surface area contributed by atoms with E-state index in [1.54, 1.807) is 11.3 Å². The molecule has 0 saturated heterocycles. The van der Waals surface area contributed by atoms with Gasteiger partial charge in [0.1, 0.15) is 13.1 Å². The average Bonchev–Trinajstić information content (AvgIpc) is 2.82. The zero-order valence-corrected chi connectivity index (χ0v) is 13.0. The third-order valence-corrected chi connectivity index (χ3v) is 5.09. The Hall–Kier alpha value is -1.01. The normalized spacial score (nSPS) is 11.4. The summed E-state index contributed by atoms with van der Waals surface area (Å²) in [6.07, 6.45) is 3.63. The second-order valence-electron chi connectivity index (χ2n) is 4.16. The Morgan fingerprint density at radius 3 is 2.53 bits per heavy atom. The van der Waals surface area contributed by atoms with E-state index in [0.717, 1.165) is 15.2 Å². The van der Waals surface area contributed by atoms with Crippen molar-refractivity contribution in [2.75, 3.05) is 13.1 Å². The molecule has 0 fully saturated rings. The summed E-state index contributed by atoms with van der Waals surface area (Å²) in [5.41, 5.74) is 0.974. The van der Waals surface area contributed by atoms with E-state index in [1.165, 1.54) is 0 Å².